The summed E-state index contributed by atoms with van der Waals surface area (Å²) in [5, 5.41) is 7.99. The first-order chi connectivity index (χ1) is 15.1. The maximum Gasteiger partial charge on any atom is 0.255 e. The van der Waals surface area contributed by atoms with Crippen LogP contribution in [0.1, 0.15) is 23.2 Å². The third-order valence-corrected chi connectivity index (χ3v) is 5.41. The van der Waals surface area contributed by atoms with Gasteiger partial charge in [-0.2, -0.15) is 9.78 Å². The van der Waals surface area contributed by atoms with Crippen LogP contribution in [-0.4, -0.2) is 25.7 Å². The maximum absolute atomic E-state index is 12.7. The molecule has 156 valence electrons. The predicted octanol–water partition coefficient (Wildman–Crippen LogP) is 3.54. The van der Waals surface area contributed by atoms with Gasteiger partial charge in [0.1, 0.15) is 11.5 Å². The van der Waals surface area contributed by atoms with Crippen LogP contribution in [0.2, 0.25) is 5.02 Å². The van der Waals surface area contributed by atoms with E-state index >= 15 is 0 Å². The molecule has 1 aliphatic rings. The Labute approximate surface area is 181 Å². The van der Waals surface area contributed by atoms with E-state index in [1.807, 2.05) is 0 Å². The number of nitrogens with zero attached hydrogens (tertiary/aromatic N) is 3. The topological polar surface area (TPSA) is 106 Å². The number of hydrogen-bond acceptors (Lipinski definition) is 5. The Kier molecular flexibility index (Phi) is 4.91. The van der Waals surface area contributed by atoms with Gasteiger partial charge in [-0.25, -0.2) is 4.98 Å². The van der Waals surface area contributed by atoms with Gasteiger partial charge in [0.2, 0.25) is 11.9 Å². The van der Waals surface area contributed by atoms with Crippen molar-refractivity contribution < 1.29 is 9.21 Å². The van der Waals surface area contributed by atoms with Crippen molar-refractivity contribution in [3.8, 4) is 17.4 Å². The Bertz CT molecular complexity index is 1310. The fraction of sp³-hybridized carbons (Fsp3) is 0.182. The summed E-state index contributed by atoms with van der Waals surface area (Å²) in [6.45, 7) is 0. The molecule has 0 radical (unpaired) electrons. The number of amides is 1. The zero-order chi connectivity index (χ0) is 21.4. The van der Waals surface area contributed by atoms with E-state index in [4.69, 9.17) is 16.0 Å². The van der Waals surface area contributed by atoms with E-state index in [9.17, 15) is 9.59 Å². The van der Waals surface area contributed by atoms with Crippen molar-refractivity contribution in [3.63, 3.8) is 0 Å². The number of carbonyl (C=O) groups excluding carboxylic acids is 1. The second-order valence-electron chi connectivity index (χ2n) is 7.32. The van der Waals surface area contributed by atoms with Gasteiger partial charge < -0.3 is 9.73 Å². The Morgan fingerprint density at radius 3 is 2.84 bits per heavy atom. The smallest absolute Gasteiger partial charge is 0.255 e. The summed E-state index contributed by atoms with van der Waals surface area (Å²) in [6.07, 6.45) is 4.07. The Balaban J connectivity index is 1.50. The summed E-state index contributed by atoms with van der Waals surface area (Å²) >= 11 is 5.91. The van der Waals surface area contributed by atoms with E-state index in [0.717, 1.165) is 36.1 Å². The Morgan fingerprint density at radius 1 is 1.23 bits per heavy atom. The van der Waals surface area contributed by atoms with Gasteiger partial charge in [0.05, 0.1) is 18.4 Å². The van der Waals surface area contributed by atoms with E-state index in [1.54, 1.807) is 48.7 Å². The predicted molar refractivity (Wildman–Crippen MR) is 115 cm³/mol. The molecule has 1 amide bonds. The lowest BCUT2D eigenvalue weighted by Gasteiger charge is -2.09. The lowest BCUT2D eigenvalue weighted by atomic mass is 10.1. The van der Waals surface area contributed by atoms with E-state index in [2.05, 4.69) is 20.4 Å². The number of H-pyrrole nitrogens is 1. The number of anilines is 1. The van der Waals surface area contributed by atoms with Crippen molar-refractivity contribution in [1.82, 2.24) is 19.7 Å². The quantitative estimate of drug-likeness (QED) is 0.498. The number of hydrogen-bond donors (Lipinski definition) is 2. The summed E-state index contributed by atoms with van der Waals surface area (Å²) in [7, 11) is 0. The zero-order valence-electron chi connectivity index (χ0n) is 16.4. The molecule has 3 heterocycles. The molecule has 1 aromatic carbocycles. The molecule has 0 spiro atoms. The number of aryl methyl sites for hydroxylation is 1. The highest BCUT2D eigenvalue weighted by Gasteiger charge is 2.21. The molecule has 0 fully saturated rings. The average molecular weight is 436 g/mol. The number of aromatic amines is 1. The van der Waals surface area contributed by atoms with Gasteiger partial charge in [-0.3, -0.25) is 14.6 Å². The van der Waals surface area contributed by atoms with Crippen LogP contribution in [0.3, 0.4) is 0 Å². The molecule has 5 rings (SSSR count). The highest BCUT2D eigenvalue weighted by Crippen LogP contribution is 2.25. The Hall–Kier alpha value is -3.65. The molecule has 0 bridgehead atoms. The lowest BCUT2D eigenvalue weighted by molar-refractivity contribution is -0.115. The number of carbonyl (C=O) groups is 1. The summed E-state index contributed by atoms with van der Waals surface area (Å²) in [5.74, 6) is 0.935. The minimum absolute atomic E-state index is 0.159. The van der Waals surface area contributed by atoms with Crippen molar-refractivity contribution in [2.24, 2.45) is 0 Å². The first-order valence-electron chi connectivity index (χ1n) is 9.87. The molecule has 0 saturated carbocycles. The van der Waals surface area contributed by atoms with Crippen molar-refractivity contribution >= 4 is 23.3 Å². The second kappa shape index (κ2) is 7.88. The van der Waals surface area contributed by atoms with E-state index in [-0.39, 0.29) is 23.8 Å². The molecular weight excluding hydrogens is 418 g/mol. The van der Waals surface area contributed by atoms with E-state index in [1.165, 1.54) is 4.68 Å². The van der Waals surface area contributed by atoms with Crippen LogP contribution < -0.4 is 10.9 Å². The minimum Gasteiger partial charge on any atom is -0.463 e. The van der Waals surface area contributed by atoms with Crippen molar-refractivity contribution in [3.05, 3.63) is 80.9 Å². The lowest BCUT2D eigenvalue weighted by Crippen LogP contribution is -2.21. The molecule has 0 unspecified atom stereocenters. The summed E-state index contributed by atoms with van der Waals surface area (Å²) in [4.78, 5) is 32.6. The number of nitrogens with one attached hydrogen (secondary N) is 2. The van der Waals surface area contributed by atoms with Crippen LogP contribution in [0.25, 0.3) is 17.4 Å². The van der Waals surface area contributed by atoms with Gasteiger partial charge in [0.25, 0.3) is 5.56 Å². The van der Waals surface area contributed by atoms with Crippen LogP contribution in [0.15, 0.2) is 57.9 Å². The molecule has 31 heavy (non-hydrogen) atoms. The molecule has 0 aliphatic heterocycles. The fourth-order valence-corrected chi connectivity index (χ4v) is 3.81. The van der Waals surface area contributed by atoms with Gasteiger partial charge in [-0.15, -0.1) is 0 Å². The van der Waals surface area contributed by atoms with Gasteiger partial charge in [-0.05, 0) is 49.1 Å². The van der Waals surface area contributed by atoms with Crippen molar-refractivity contribution in [2.45, 2.75) is 25.7 Å². The van der Waals surface area contributed by atoms with Gasteiger partial charge in [0.15, 0.2) is 5.76 Å². The normalized spacial score (nSPS) is 12.7. The van der Waals surface area contributed by atoms with E-state index in [0.29, 0.717) is 22.3 Å². The highest BCUT2D eigenvalue weighted by atomic mass is 35.5. The molecule has 1 aliphatic carbocycles. The highest BCUT2D eigenvalue weighted by molar-refractivity contribution is 6.30. The molecule has 0 atom stereocenters. The van der Waals surface area contributed by atoms with Gasteiger partial charge >= 0.3 is 0 Å². The summed E-state index contributed by atoms with van der Waals surface area (Å²) < 4.78 is 6.87. The molecule has 2 N–H and O–H groups in total. The molecule has 3 aromatic heterocycles. The minimum atomic E-state index is -0.238. The summed E-state index contributed by atoms with van der Waals surface area (Å²) in [5.41, 5.74) is 2.65. The number of halogens is 1. The number of benzene rings is 1. The zero-order valence-corrected chi connectivity index (χ0v) is 17.1. The molecule has 9 heteroatoms. The third kappa shape index (κ3) is 3.89. The first kappa shape index (κ1) is 19.3. The molecule has 4 aromatic rings. The number of aromatic nitrogens is 4. The first-order valence-corrected chi connectivity index (χ1v) is 10.3. The monoisotopic (exact) mass is 435 g/mol. The molecule has 8 nitrogen and oxygen atoms in total. The van der Waals surface area contributed by atoms with Crippen LogP contribution in [0.4, 0.5) is 5.82 Å². The van der Waals surface area contributed by atoms with Gasteiger partial charge in [-0.1, -0.05) is 23.7 Å². The fourth-order valence-electron chi connectivity index (χ4n) is 3.68. The number of fused-ring (bicyclic) bond motifs is 1. The third-order valence-electron chi connectivity index (χ3n) is 5.16. The maximum atomic E-state index is 12.7. The van der Waals surface area contributed by atoms with Crippen molar-refractivity contribution in [1.29, 1.82) is 0 Å². The largest absolute Gasteiger partial charge is 0.463 e. The van der Waals surface area contributed by atoms with E-state index < -0.39 is 0 Å². The van der Waals surface area contributed by atoms with Crippen LogP contribution in [-0.2, 0) is 24.1 Å². The SMILES string of the molecule is O=C(Cc1ccc(Cl)cc1)Nc1cc(-c2ccco2)nn1-c1nc2c(c(=O)[nH]1)CCC2. The van der Waals surface area contributed by atoms with Crippen LogP contribution in [0.5, 0.6) is 0 Å². The molecule has 0 saturated heterocycles. The average Bonchev–Trinajstić information content (AvgIpc) is 3.50. The van der Waals surface area contributed by atoms with Crippen molar-refractivity contribution in [2.75, 3.05) is 5.32 Å². The van der Waals surface area contributed by atoms with Crippen LogP contribution >= 0.6 is 11.6 Å². The number of furan rings is 1. The summed E-state index contributed by atoms with van der Waals surface area (Å²) in [6, 6.07) is 12.3. The standard InChI is InChI=1S/C22H18ClN5O3/c23-14-8-6-13(7-9-14)11-20(29)25-19-12-17(18-5-2-10-31-18)27-28(19)22-24-16-4-1-3-15(16)21(30)26-22/h2,5-10,12H,1,3-4,11H2,(H,25,29)(H,24,26,30). The second-order valence-corrected chi connectivity index (χ2v) is 7.76. The van der Waals surface area contributed by atoms with Crippen LogP contribution in [0, 0.1) is 0 Å². The molecular formula is C22H18ClN5O3. The Morgan fingerprint density at radius 2 is 2.06 bits per heavy atom. The number of rotatable bonds is 5. The van der Waals surface area contributed by atoms with Gasteiger partial charge in [0, 0.05) is 16.7 Å².